The minimum absolute atomic E-state index is 0.245. The van der Waals surface area contributed by atoms with E-state index < -0.39 is 0 Å². The van der Waals surface area contributed by atoms with Gasteiger partial charge in [-0.25, -0.2) is 0 Å². The number of carbonyl (C=O) groups excluding carboxylic acids is 1. The molecule has 0 saturated heterocycles. The van der Waals surface area contributed by atoms with Gasteiger partial charge in [0.1, 0.15) is 0 Å². The molecule has 1 heterocycles. The van der Waals surface area contributed by atoms with Crippen LogP contribution in [0.5, 0.6) is 0 Å². The summed E-state index contributed by atoms with van der Waals surface area (Å²) in [6, 6.07) is 10.4. The van der Waals surface area contributed by atoms with Gasteiger partial charge in [-0.05, 0) is 12.0 Å². The highest BCUT2D eigenvalue weighted by Crippen LogP contribution is 2.40. The zero-order chi connectivity index (χ0) is 14.4. The maximum absolute atomic E-state index is 10.7. The molecule has 1 aromatic heterocycles. The minimum atomic E-state index is -0.338. The Morgan fingerprint density at radius 1 is 1.30 bits per heavy atom. The van der Waals surface area contributed by atoms with Crippen molar-refractivity contribution in [3.63, 3.8) is 0 Å². The third kappa shape index (κ3) is 4.50. The molecule has 1 aromatic carbocycles. The first-order valence-corrected chi connectivity index (χ1v) is 8.83. The molecule has 0 saturated carbocycles. The lowest BCUT2D eigenvalue weighted by atomic mass is 10.1. The van der Waals surface area contributed by atoms with Gasteiger partial charge in [0.25, 0.3) is 0 Å². The highest BCUT2D eigenvalue weighted by atomic mass is 32.2. The van der Waals surface area contributed by atoms with Crippen LogP contribution in [0, 0.1) is 0 Å². The van der Waals surface area contributed by atoms with Crippen LogP contribution in [-0.2, 0) is 4.79 Å². The second-order valence-electron chi connectivity index (χ2n) is 4.01. The molecule has 0 bridgehead atoms. The summed E-state index contributed by atoms with van der Waals surface area (Å²) in [7, 11) is 0. The highest BCUT2D eigenvalue weighted by molar-refractivity contribution is 8.03. The van der Waals surface area contributed by atoms with E-state index in [1.54, 1.807) is 11.8 Å². The van der Waals surface area contributed by atoms with Gasteiger partial charge in [-0.3, -0.25) is 4.79 Å². The second-order valence-corrected chi connectivity index (χ2v) is 7.66. The van der Waals surface area contributed by atoms with Crippen LogP contribution in [0.25, 0.3) is 0 Å². The fraction of sp³-hybridized carbons (Fsp3) is 0.308. The quantitative estimate of drug-likeness (QED) is 0.791. The van der Waals surface area contributed by atoms with Gasteiger partial charge >= 0.3 is 0 Å². The summed E-state index contributed by atoms with van der Waals surface area (Å²) >= 11 is 4.56. The number of nitrogens with zero attached hydrogens (tertiary/aromatic N) is 2. The molecule has 2 N–H and O–H groups in total. The number of rotatable bonds is 7. The van der Waals surface area contributed by atoms with Gasteiger partial charge in [0, 0.05) is 5.25 Å². The zero-order valence-corrected chi connectivity index (χ0v) is 13.4. The largest absolute Gasteiger partial charge is 0.369 e. The van der Waals surface area contributed by atoms with E-state index in [2.05, 4.69) is 29.3 Å². The molecule has 2 rings (SSSR count). The molecule has 0 aliphatic rings. The van der Waals surface area contributed by atoms with Crippen molar-refractivity contribution in [3.05, 3.63) is 35.9 Å². The number of primary amides is 1. The lowest BCUT2D eigenvalue weighted by molar-refractivity contribution is -0.115. The van der Waals surface area contributed by atoms with Crippen LogP contribution in [0.3, 0.4) is 0 Å². The topological polar surface area (TPSA) is 68.9 Å². The molecule has 2 aromatic rings. The summed E-state index contributed by atoms with van der Waals surface area (Å²) in [5.41, 5.74) is 6.41. The van der Waals surface area contributed by atoms with Gasteiger partial charge in [-0.1, -0.05) is 72.1 Å². The van der Waals surface area contributed by atoms with Gasteiger partial charge in [-0.15, -0.1) is 10.2 Å². The number of hydrogen-bond donors (Lipinski definition) is 1. The second kappa shape index (κ2) is 7.66. The number of aromatic nitrogens is 2. The van der Waals surface area contributed by atoms with Crippen molar-refractivity contribution in [2.45, 2.75) is 27.3 Å². The normalized spacial score (nSPS) is 12.2. The van der Waals surface area contributed by atoms with E-state index in [1.165, 1.54) is 28.7 Å². The molecular weight excluding hydrogens is 310 g/mol. The molecule has 0 aliphatic heterocycles. The number of nitrogens with two attached hydrogens (primary N) is 1. The Hall–Kier alpha value is -1.05. The van der Waals surface area contributed by atoms with E-state index >= 15 is 0 Å². The van der Waals surface area contributed by atoms with Crippen LogP contribution in [0.2, 0.25) is 0 Å². The smallest absolute Gasteiger partial charge is 0.227 e. The van der Waals surface area contributed by atoms with Crippen molar-refractivity contribution in [1.82, 2.24) is 10.2 Å². The molecule has 1 amide bonds. The van der Waals surface area contributed by atoms with E-state index in [0.29, 0.717) is 5.25 Å². The summed E-state index contributed by atoms with van der Waals surface area (Å²) in [5.74, 6) is -0.0926. The van der Waals surface area contributed by atoms with Gasteiger partial charge < -0.3 is 5.73 Å². The van der Waals surface area contributed by atoms with Crippen LogP contribution in [0.1, 0.15) is 24.2 Å². The number of carbonyl (C=O) groups is 1. The lowest BCUT2D eigenvalue weighted by Gasteiger charge is -2.12. The number of amides is 1. The molecule has 4 nitrogen and oxygen atoms in total. The van der Waals surface area contributed by atoms with E-state index in [4.69, 9.17) is 5.73 Å². The van der Waals surface area contributed by atoms with E-state index in [-0.39, 0.29) is 11.7 Å². The van der Waals surface area contributed by atoms with Crippen molar-refractivity contribution >= 4 is 40.8 Å². The first-order chi connectivity index (χ1) is 9.69. The number of benzene rings is 1. The van der Waals surface area contributed by atoms with Crippen LogP contribution in [0.15, 0.2) is 39.0 Å². The third-order valence-electron chi connectivity index (χ3n) is 2.51. The molecule has 106 valence electrons. The minimum Gasteiger partial charge on any atom is -0.369 e. The first-order valence-electron chi connectivity index (χ1n) is 6.15. The Morgan fingerprint density at radius 2 is 2.00 bits per heavy atom. The van der Waals surface area contributed by atoms with Crippen LogP contribution < -0.4 is 5.73 Å². The molecule has 0 aliphatic carbocycles. The summed E-state index contributed by atoms with van der Waals surface area (Å²) in [6.45, 7) is 2.16. The van der Waals surface area contributed by atoms with Crippen molar-refractivity contribution in [2.75, 3.05) is 5.75 Å². The van der Waals surface area contributed by atoms with Gasteiger partial charge in [0.05, 0.1) is 5.75 Å². The fourth-order valence-electron chi connectivity index (χ4n) is 1.61. The molecule has 20 heavy (non-hydrogen) atoms. The predicted molar refractivity (Wildman–Crippen MR) is 85.2 cm³/mol. The van der Waals surface area contributed by atoms with Crippen molar-refractivity contribution < 1.29 is 4.79 Å². The van der Waals surface area contributed by atoms with Crippen molar-refractivity contribution in [2.24, 2.45) is 5.73 Å². The molecule has 0 radical (unpaired) electrons. The average Bonchev–Trinajstić information content (AvgIpc) is 2.91. The Morgan fingerprint density at radius 3 is 2.65 bits per heavy atom. The molecule has 0 spiro atoms. The molecule has 1 atom stereocenters. The van der Waals surface area contributed by atoms with E-state index in [0.717, 1.165) is 15.1 Å². The summed E-state index contributed by atoms with van der Waals surface area (Å²) in [4.78, 5) is 10.7. The van der Waals surface area contributed by atoms with Gasteiger partial charge in [0.2, 0.25) is 5.91 Å². The number of thioether (sulfide) groups is 2. The molecule has 0 fully saturated rings. The maximum atomic E-state index is 10.7. The number of hydrogen-bond acceptors (Lipinski definition) is 6. The summed E-state index contributed by atoms with van der Waals surface area (Å²) in [6.07, 6.45) is 1.03. The van der Waals surface area contributed by atoms with Gasteiger partial charge in [-0.2, -0.15) is 0 Å². The predicted octanol–water partition coefficient (Wildman–Crippen LogP) is 3.36. The summed E-state index contributed by atoms with van der Waals surface area (Å²) in [5, 5.41) is 8.61. The SMILES string of the molecule is CCC(Sc1nnc(SCC(N)=O)s1)c1ccccc1. The van der Waals surface area contributed by atoms with Crippen LogP contribution >= 0.6 is 34.9 Å². The fourth-order valence-corrected chi connectivity index (χ4v) is 4.67. The Bertz CT molecular complexity index is 559. The van der Waals surface area contributed by atoms with Crippen LogP contribution in [-0.4, -0.2) is 21.9 Å². The van der Waals surface area contributed by atoms with Crippen LogP contribution in [0.4, 0.5) is 0 Å². The van der Waals surface area contributed by atoms with Crippen molar-refractivity contribution in [1.29, 1.82) is 0 Å². The third-order valence-corrected chi connectivity index (χ3v) is 6.10. The molecular formula is C13H15N3OS3. The monoisotopic (exact) mass is 325 g/mol. The van der Waals surface area contributed by atoms with E-state index in [1.807, 2.05) is 18.2 Å². The molecule has 1 unspecified atom stereocenters. The standard InChI is InChI=1S/C13H15N3OS3/c1-2-10(9-6-4-3-5-7-9)19-13-16-15-12(20-13)18-8-11(14)17/h3-7,10H,2,8H2,1H3,(H2,14,17). The highest BCUT2D eigenvalue weighted by Gasteiger charge is 2.14. The Kier molecular flexibility index (Phi) is 5.87. The molecule has 7 heteroatoms. The average molecular weight is 325 g/mol. The van der Waals surface area contributed by atoms with Crippen molar-refractivity contribution in [3.8, 4) is 0 Å². The van der Waals surface area contributed by atoms with E-state index in [9.17, 15) is 4.79 Å². The lowest BCUT2D eigenvalue weighted by Crippen LogP contribution is -2.12. The Balaban J connectivity index is 2.00. The van der Waals surface area contributed by atoms with Gasteiger partial charge in [0.15, 0.2) is 8.68 Å². The first kappa shape index (κ1) is 15.3. The Labute approximate surface area is 130 Å². The zero-order valence-electron chi connectivity index (χ0n) is 11.0. The summed E-state index contributed by atoms with van der Waals surface area (Å²) < 4.78 is 1.71. The maximum Gasteiger partial charge on any atom is 0.227 e.